The molecule has 9 rings (SSSR count). The van der Waals surface area contributed by atoms with Gasteiger partial charge in [-0.3, -0.25) is 9.59 Å². The van der Waals surface area contributed by atoms with E-state index in [9.17, 15) is 29.4 Å². The lowest BCUT2D eigenvalue weighted by molar-refractivity contribution is 0.0725. The maximum Gasteiger partial charge on any atom is 0.343 e. The highest BCUT2D eigenvalue weighted by atomic mass is 35.5. The van der Waals surface area contributed by atoms with Crippen LogP contribution in [-0.4, -0.2) is 34.0 Å². The fourth-order valence-electron chi connectivity index (χ4n) is 8.03. The van der Waals surface area contributed by atoms with Crippen LogP contribution in [0.1, 0.15) is 66.4 Å². The molecule has 18 heteroatoms. The van der Waals surface area contributed by atoms with Crippen molar-refractivity contribution in [1.29, 1.82) is 0 Å². The van der Waals surface area contributed by atoms with Gasteiger partial charge in [0.1, 0.15) is 21.4 Å². The lowest BCUT2D eigenvalue weighted by Crippen LogP contribution is -2.13. The number of nitrogens with one attached hydrogen (secondary N) is 2. The van der Waals surface area contributed by atoms with Crippen LogP contribution in [-0.2, 0) is 12.8 Å². The maximum absolute atomic E-state index is 13.9. The number of carbonyl (C=O) groups is 4. The van der Waals surface area contributed by atoms with Gasteiger partial charge in [0.25, 0.3) is 11.8 Å². The van der Waals surface area contributed by atoms with Crippen LogP contribution in [0.15, 0.2) is 178 Å². The van der Waals surface area contributed by atoms with Crippen molar-refractivity contribution < 1.29 is 38.9 Å². The predicted molar refractivity (Wildman–Crippen MR) is 296 cm³/mol. The fourth-order valence-corrected chi connectivity index (χ4v) is 8.70. The predicted octanol–water partition coefficient (Wildman–Crippen LogP) is 16.9. The molecule has 9 aromatic carbocycles. The number of esters is 2. The number of halogens is 4. The highest BCUT2D eigenvalue weighted by Gasteiger charge is 2.23. The zero-order chi connectivity index (χ0) is 53.6. The Hall–Kier alpha value is -8.66. The molecule has 0 aliphatic rings. The van der Waals surface area contributed by atoms with E-state index < -0.39 is 35.3 Å². The molecule has 0 spiro atoms. The largest absolute Gasteiger partial charge is 0.505 e. The number of hydrogen-bond donors (Lipinski definition) is 4. The molecular weight excluding hydrogens is 1050 g/mol. The second kappa shape index (κ2) is 22.8. The first kappa shape index (κ1) is 52.2. The molecule has 0 saturated heterocycles. The van der Waals surface area contributed by atoms with Crippen molar-refractivity contribution in [2.75, 3.05) is 10.6 Å². The number of hydrogen-bond acceptors (Lipinski definition) is 12. The van der Waals surface area contributed by atoms with Crippen molar-refractivity contribution in [3.8, 4) is 23.0 Å². The standard InChI is InChI=1S/C58H40Cl4N6O8/c1-3-31-19-21-35(57(73)75-47-17-9-15-43(59)49(47)61)29-45(31)65-67-51-39-13-7-5-11-33(39)27-41(53(51)69)55(71)63-37-23-25-38(26-24-37)64-56(72)42-28-34-12-6-8-14-40(34)52(54(42)70)68-66-46-30-36(22-20-32(46)4-2)58(74)76-48-18-10-16-44(60)50(48)62/h5-30,69-70H,3-4H2,1-2H3,(H,63,71)(H,64,72). The Morgan fingerprint density at radius 3 is 1.26 bits per heavy atom. The van der Waals surface area contributed by atoms with Crippen LogP contribution >= 0.6 is 46.4 Å². The van der Waals surface area contributed by atoms with Crippen LogP contribution in [0.2, 0.25) is 20.1 Å². The Bertz CT molecular complexity index is 3620. The first-order chi connectivity index (χ1) is 36.7. The fraction of sp³-hybridized carbons (Fsp3) is 0.0690. The van der Waals surface area contributed by atoms with Crippen LogP contribution in [0.3, 0.4) is 0 Å². The van der Waals surface area contributed by atoms with Crippen LogP contribution in [0.5, 0.6) is 23.0 Å². The summed E-state index contributed by atoms with van der Waals surface area (Å²) in [5.74, 6) is -3.47. The lowest BCUT2D eigenvalue weighted by atomic mass is 10.0. The van der Waals surface area contributed by atoms with Crippen LogP contribution in [0.4, 0.5) is 34.1 Å². The van der Waals surface area contributed by atoms with E-state index in [0.717, 1.165) is 11.1 Å². The molecule has 378 valence electrons. The molecule has 2 amide bonds. The third-order valence-electron chi connectivity index (χ3n) is 12.0. The third-order valence-corrected chi connectivity index (χ3v) is 13.6. The number of fused-ring (bicyclic) bond motifs is 2. The van der Waals surface area contributed by atoms with Crippen LogP contribution < -0.4 is 20.1 Å². The molecule has 0 saturated carbocycles. The van der Waals surface area contributed by atoms with Gasteiger partial charge in [0.05, 0.1) is 43.7 Å². The number of nitrogens with zero attached hydrogens (tertiary/aromatic N) is 4. The summed E-state index contributed by atoms with van der Waals surface area (Å²) in [6, 6.07) is 42.3. The summed E-state index contributed by atoms with van der Waals surface area (Å²) in [5.41, 5.74) is 2.93. The van der Waals surface area contributed by atoms with Crippen LogP contribution in [0.25, 0.3) is 21.5 Å². The number of phenols is 2. The highest BCUT2D eigenvalue weighted by molar-refractivity contribution is 6.43. The molecule has 0 atom stereocenters. The summed E-state index contributed by atoms with van der Waals surface area (Å²) >= 11 is 24.7. The number of anilines is 2. The van der Waals surface area contributed by atoms with Gasteiger partial charge in [0.2, 0.25) is 0 Å². The molecule has 0 heterocycles. The molecule has 0 unspecified atom stereocenters. The van der Waals surface area contributed by atoms with Gasteiger partial charge in [0, 0.05) is 22.1 Å². The molecule has 9 aromatic rings. The van der Waals surface area contributed by atoms with E-state index in [2.05, 4.69) is 31.1 Å². The highest BCUT2D eigenvalue weighted by Crippen LogP contribution is 2.43. The number of aryl methyl sites for hydroxylation is 2. The average Bonchev–Trinajstić information content (AvgIpc) is 3.43. The van der Waals surface area contributed by atoms with E-state index in [1.54, 1.807) is 121 Å². The monoisotopic (exact) mass is 1090 g/mol. The number of ether oxygens (including phenoxy) is 2. The minimum Gasteiger partial charge on any atom is -0.505 e. The van der Waals surface area contributed by atoms with Gasteiger partial charge in [0.15, 0.2) is 23.0 Å². The minimum atomic E-state index is -0.708. The van der Waals surface area contributed by atoms with Gasteiger partial charge < -0.3 is 30.3 Å². The Balaban J connectivity index is 0.927. The Kier molecular flexibility index (Phi) is 15.7. The molecule has 0 fully saturated rings. The first-order valence-corrected chi connectivity index (χ1v) is 24.9. The zero-order valence-electron chi connectivity index (χ0n) is 40.1. The zero-order valence-corrected chi connectivity index (χ0v) is 43.1. The molecule has 4 N–H and O–H groups in total. The molecule has 14 nitrogen and oxygen atoms in total. The normalized spacial score (nSPS) is 11.3. The van der Waals surface area contributed by atoms with E-state index in [1.807, 2.05) is 13.8 Å². The number of rotatable bonds is 14. The summed E-state index contributed by atoms with van der Waals surface area (Å²) in [6.45, 7) is 3.82. The van der Waals surface area contributed by atoms with Crippen molar-refractivity contribution in [2.24, 2.45) is 20.5 Å². The number of amides is 2. The molecule has 0 radical (unpaired) electrons. The molecule has 76 heavy (non-hydrogen) atoms. The SMILES string of the molecule is CCc1ccc(C(=O)Oc2cccc(Cl)c2Cl)cc1N=Nc1c(O)c(C(=O)Nc2ccc(NC(=O)c3cc4ccccc4c(N=Nc4cc(C(=O)Oc5cccc(Cl)c5Cl)ccc4CC)c3O)cc2)cc2ccccc12. The van der Waals surface area contributed by atoms with E-state index >= 15 is 0 Å². The Morgan fingerprint density at radius 2 is 0.868 bits per heavy atom. The summed E-state index contributed by atoms with van der Waals surface area (Å²) in [6.07, 6.45) is 1.06. The minimum absolute atomic E-state index is 0.0159. The summed E-state index contributed by atoms with van der Waals surface area (Å²) in [5, 5.41) is 49.5. The Morgan fingerprint density at radius 1 is 0.474 bits per heavy atom. The quantitative estimate of drug-likeness (QED) is 0.0468. The number of carbonyl (C=O) groups excluding carboxylic acids is 4. The first-order valence-electron chi connectivity index (χ1n) is 23.3. The molecule has 0 aliphatic heterocycles. The van der Waals surface area contributed by atoms with Crippen molar-refractivity contribution in [1.82, 2.24) is 0 Å². The second-order valence-electron chi connectivity index (χ2n) is 16.8. The topological polar surface area (TPSA) is 201 Å². The molecule has 0 aromatic heterocycles. The molecular formula is C58H40Cl4N6O8. The number of azo groups is 2. The van der Waals surface area contributed by atoms with Crippen molar-refractivity contribution >= 4 is 126 Å². The van der Waals surface area contributed by atoms with Crippen LogP contribution in [0, 0.1) is 0 Å². The average molecular weight is 1090 g/mol. The number of benzene rings is 9. The molecule has 0 aliphatic carbocycles. The third kappa shape index (κ3) is 11.2. The lowest BCUT2D eigenvalue weighted by Gasteiger charge is -2.13. The Labute approximate surface area is 454 Å². The van der Waals surface area contributed by atoms with Crippen molar-refractivity contribution in [2.45, 2.75) is 26.7 Å². The van der Waals surface area contributed by atoms with Gasteiger partial charge >= 0.3 is 11.9 Å². The van der Waals surface area contributed by atoms with Gasteiger partial charge in [-0.2, -0.15) is 10.2 Å². The van der Waals surface area contributed by atoms with Gasteiger partial charge in [-0.1, -0.05) is 133 Å². The van der Waals surface area contributed by atoms with E-state index in [0.29, 0.717) is 57.1 Å². The number of phenolic OH excluding ortho intramolecular Hbond substituents is 2. The van der Waals surface area contributed by atoms with Crippen molar-refractivity contribution in [3.05, 3.63) is 211 Å². The van der Waals surface area contributed by atoms with E-state index in [1.165, 1.54) is 36.4 Å². The molecule has 0 bridgehead atoms. The summed E-state index contributed by atoms with van der Waals surface area (Å²) in [4.78, 5) is 54.2. The number of aromatic hydroxyl groups is 2. The summed E-state index contributed by atoms with van der Waals surface area (Å²) in [7, 11) is 0. The van der Waals surface area contributed by atoms with Gasteiger partial charge in [-0.15, -0.1) is 10.2 Å². The van der Waals surface area contributed by atoms with Gasteiger partial charge in [-0.25, -0.2) is 9.59 Å². The van der Waals surface area contributed by atoms with E-state index in [-0.39, 0.29) is 65.2 Å². The second-order valence-corrected chi connectivity index (χ2v) is 18.4. The summed E-state index contributed by atoms with van der Waals surface area (Å²) < 4.78 is 11.0. The smallest absolute Gasteiger partial charge is 0.343 e. The van der Waals surface area contributed by atoms with E-state index in [4.69, 9.17) is 55.9 Å². The van der Waals surface area contributed by atoms with Crippen molar-refractivity contribution in [3.63, 3.8) is 0 Å². The van der Waals surface area contributed by atoms with Gasteiger partial charge in [-0.05, 0) is 120 Å². The maximum atomic E-state index is 13.9.